The Balaban J connectivity index is 2.41. The number of hydrogen-bond acceptors (Lipinski definition) is 5. The number of carbonyl (C=O) groups is 2. The normalized spacial score (nSPS) is 12.4. The monoisotopic (exact) mass is 412 g/mol. The van der Waals surface area contributed by atoms with Gasteiger partial charge in [0.2, 0.25) is 10.0 Å². The standard InChI is InChI=1S/C17H17ClN2O6S/c1-10-7-12(18)14(8-13(10)26-9-15(19)21)27(24,25)20-16(17(22)23)11-5-3-2-4-6-11/h2-8,16,20H,9H2,1H3,(H2,19,21)(H,22,23)/t16-/m0/s1. The minimum absolute atomic E-state index is 0.0881. The number of rotatable bonds is 8. The summed E-state index contributed by atoms with van der Waals surface area (Å²) in [7, 11) is -4.32. The molecule has 1 amide bonds. The highest BCUT2D eigenvalue weighted by Crippen LogP contribution is 2.31. The van der Waals surface area contributed by atoms with E-state index in [1.807, 2.05) is 0 Å². The van der Waals surface area contributed by atoms with Gasteiger partial charge in [0, 0.05) is 6.07 Å². The van der Waals surface area contributed by atoms with Crippen LogP contribution < -0.4 is 15.2 Å². The van der Waals surface area contributed by atoms with E-state index in [9.17, 15) is 23.1 Å². The summed E-state index contributed by atoms with van der Waals surface area (Å²) in [6, 6.07) is 8.78. The van der Waals surface area contributed by atoms with E-state index in [-0.39, 0.29) is 21.2 Å². The first kappa shape index (κ1) is 20.7. The molecule has 0 aromatic heterocycles. The number of halogens is 1. The largest absolute Gasteiger partial charge is 0.483 e. The molecule has 0 heterocycles. The smallest absolute Gasteiger partial charge is 0.326 e. The van der Waals surface area contributed by atoms with E-state index in [1.165, 1.54) is 18.2 Å². The van der Waals surface area contributed by atoms with Crippen LogP contribution in [0.2, 0.25) is 5.02 Å². The lowest BCUT2D eigenvalue weighted by atomic mass is 10.1. The Hall–Kier alpha value is -2.62. The molecule has 2 aromatic carbocycles. The highest BCUT2D eigenvalue weighted by molar-refractivity contribution is 7.89. The zero-order valence-corrected chi connectivity index (χ0v) is 15.8. The molecule has 27 heavy (non-hydrogen) atoms. The van der Waals surface area contributed by atoms with Crippen LogP contribution in [-0.4, -0.2) is 32.0 Å². The first-order chi connectivity index (χ1) is 12.6. The maximum Gasteiger partial charge on any atom is 0.326 e. The minimum atomic E-state index is -4.32. The van der Waals surface area contributed by atoms with Gasteiger partial charge in [0.05, 0.1) is 5.02 Å². The van der Waals surface area contributed by atoms with Crippen molar-refractivity contribution < 1.29 is 27.9 Å². The average molecular weight is 413 g/mol. The van der Waals surface area contributed by atoms with Crippen molar-refractivity contribution in [2.24, 2.45) is 5.73 Å². The summed E-state index contributed by atoms with van der Waals surface area (Å²) in [5.74, 6) is -2.02. The van der Waals surface area contributed by atoms with E-state index in [0.29, 0.717) is 5.56 Å². The van der Waals surface area contributed by atoms with Crippen molar-refractivity contribution in [3.8, 4) is 5.75 Å². The van der Waals surface area contributed by atoms with Crippen LogP contribution in [0.5, 0.6) is 5.75 Å². The maximum absolute atomic E-state index is 12.7. The number of primary amides is 1. The predicted molar refractivity (Wildman–Crippen MR) is 98.0 cm³/mol. The fraction of sp³-hybridized carbons (Fsp3) is 0.176. The Morgan fingerprint density at radius 2 is 1.89 bits per heavy atom. The minimum Gasteiger partial charge on any atom is -0.483 e. The van der Waals surface area contributed by atoms with Crippen LogP contribution in [0.1, 0.15) is 17.2 Å². The fourth-order valence-corrected chi connectivity index (χ4v) is 4.04. The molecule has 10 heteroatoms. The molecule has 0 unspecified atom stereocenters. The van der Waals surface area contributed by atoms with Crippen LogP contribution in [-0.2, 0) is 19.6 Å². The molecule has 2 rings (SSSR count). The molecule has 0 radical (unpaired) electrons. The third-order valence-electron chi connectivity index (χ3n) is 3.54. The molecular formula is C17H17ClN2O6S. The quantitative estimate of drug-likeness (QED) is 0.602. The Morgan fingerprint density at radius 1 is 1.26 bits per heavy atom. The van der Waals surface area contributed by atoms with Gasteiger partial charge in [-0.3, -0.25) is 9.59 Å². The van der Waals surface area contributed by atoms with Gasteiger partial charge in [-0.15, -0.1) is 0 Å². The molecule has 0 aliphatic carbocycles. The summed E-state index contributed by atoms with van der Waals surface area (Å²) in [6.45, 7) is 1.16. The Bertz CT molecular complexity index is 963. The number of aliphatic carboxylic acids is 1. The average Bonchev–Trinajstić information content (AvgIpc) is 2.59. The van der Waals surface area contributed by atoms with Gasteiger partial charge in [0.25, 0.3) is 5.91 Å². The third-order valence-corrected chi connectivity index (χ3v) is 5.43. The molecule has 2 aromatic rings. The summed E-state index contributed by atoms with van der Waals surface area (Å²) >= 11 is 6.04. The number of carboxylic acid groups (broad SMARTS) is 1. The van der Waals surface area contributed by atoms with Gasteiger partial charge < -0.3 is 15.6 Å². The molecule has 0 aliphatic heterocycles. The summed E-state index contributed by atoms with van der Waals surface area (Å²) < 4.78 is 32.8. The molecular weight excluding hydrogens is 396 g/mol. The zero-order chi connectivity index (χ0) is 20.2. The summed E-state index contributed by atoms with van der Waals surface area (Å²) in [5, 5.41) is 9.29. The van der Waals surface area contributed by atoms with Crippen molar-refractivity contribution in [1.82, 2.24) is 4.72 Å². The summed E-state index contributed by atoms with van der Waals surface area (Å²) in [6.07, 6.45) is 0. The number of carboxylic acids is 1. The Labute approximate surface area is 160 Å². The summed E-state index contributed by atoms with van der Waals surface area (Å²) in [5.41, 5.74) is 5.76. The topological polar surface area (TPSA) is 136 Å². The molecule has 0 fully saturated rings. The molecule has 8 nitrogen and oxygen atoms in total. The van der Waals surface area contributed by atoms with Crippen LogP contribution in [0.15, 0.2) is 47.4 Å². The van der Waals surface area contributed by atoms with Gasteiger partial charge in [-0.05, 0) is 24.1 Å². The Morgan fingerprint density at radius 3 is 2.44 bits per heavy atom. The van der Waals surface area contributed by atoms with Gasteiger partial charge in [0.15, 0.2) is 6.61 Å². The number of nitrogens with one attached hydrogen (secondary N) is 1. The molecule has 0 bridgehead atoms. The molecule has 0 spiro atoms. The highest BCUT2D eigenvalue weighted by atomic mass is 35.5. The first-order valence-electron chi connectivity index (χ1n) is 7.63. The van der Waals surface area contributed by atoms with Crippen LogP contribution in [0, 0.1) is 6.92 Å². The van der Waals surface area contributed by atoms with Gasteiger partial charge >= 0.3 is 5.97 Å². The molecule has 1 atom stereocenters. The number of benzene rings is 2. The van der Waals surface area contributed by atoms with Crippen molar-refractivity contribution in [2.45, 2.75) is 17.9 Å². The van der Waals surface area contributed by atoms with Gasteiger partial charge in [0.1, 0.15) is 16.7 Å². The number of aryl methyl sites for hydroxylation is 1. The second-order valence-electron chi connectivity index (χ2n) is 5.61. The number of amides is 1. The molecule has 4 N–H and O–H groups in total. The third kappa shape index (κ3) is 5.19. The van der Waals surface area contributed by atoms with E-state index in [0.717, 1.165) is 6.07 Å². The maximum atomic E-state index is 12.7. The second kappa shape index (κ2) is 8.38. The van der Waals surface area contributed by atoms with Crippen LogP contribution in [0.25, 0.3) is 0 Å². The lowest BCUT2D eigenvalue weighted by Gasteiger charge is -2.17. The molecule has 0 saturated carbocycles. The van der Waals surface area contributed by atoms with Crippen molar-refractivity contribution in [3.63, 3.8) is 0 Å². The second-order valence-corrected chi connectivity index (χ2v) is 7.70. The summed E-state index contributed by atoms with van der Waals surface area (Å²) in [4.78, 5) is 22.1. The van der Waals surface area contributed by atoms with E-state index < -0.39 is 34.5 Å². The molecule has 144 valence electrons. The number of nitrogens with two attached hydrogens (primary N) is 1. The number of sulfonamides is 1. The SMILES string of the molecule is Cc1cc(Cl)c(S(=O)(=O)N[C@H](C(=O)O)c2ccccc2)cc1OCC(N)=O. The predicted octanol–water partition coefficient (Wildman–Crippen LogP) is 1.62. The number of ether oxygens (including phenoxy) is 1. The van der Waals surface area contributed by atoms with E-state index in [4.69, 9.17) is 22.1 Å². The fourth-order valence-electron chi connectivity index (χ4n) is 2.27. The van der Waals surface area contributed by atoms with Crippen molar-refractivity contribution in [3.05, 3.63) is 58.6 Å². The lowest BCUT2D eigenvalue weighted by Crippen LogP contribution is -2.34. The zero-order valence-electron chi connectivity index (χ0n) is 14.2. The number of hydrogen-bond donors (Lipinski definition) is 3. The van der Waals surface area contributed by atoms with Crippen LogP contribution >= 0.6 is 11.6 Å². The first-order valence-corrected chi connectivity index (χ1v) is 9.49. The van der Waals surface area contributed by atoms with Crippen molar-refractivity contribution >= 4 is 33.5 Å². The van der Waals surface area contributed by atoms with Crippen molar-refractivity contribution in [1.29, 1.82) is 0 Å². The van der Waals surface area contributed by atoms with E-state index in [1.54, 1.807) is 25.1 Å². The van der Waals surface area contributed by atoms with Crippen LogP contribution in [0.4, 0.5) is 0 Å². The van der Waals surface area contributed by atoms with Gasteiger partial charge in [-0.1, -0.05) is 41.9 Å². The van der Waals surface area contributed by atoms with E-state index >= 15 is 0 Å². The van der Waals surface area contributed by atoms with Gasteiger partial charge in [-0.2, -0.15) is 4.72 Å². The van der Waals surface area contributed by atoms with Crippen LogP contribution in [0.3, 0.4) is 0 Å². The Kier molecular flexibility index (Phi) is 6.42. The molecule has 0 aliphatic rings. The highest BCUT2D eigenvalue weighted by Gasteiger charge is 2.29. The molecule has 0 saturated heterocycles. The lowest BCUT2D eigenvalue weighted by molar-refractivity contribution is -0.139. The number of carbonyl (C=O) groups excluding carboxylic acids is 1. The van der Waals surface area contributed by atoms with E-state index in [2.05, 4.69) is 4.72 Å². The van der Waals surface area contributed by atoms with Gasteiger partial charge in [-0.25, -0.2) is 8.42 Å². The van der Waals surface area contributed by atoms with Crippen molar-refractivity contribution in [2.75, 3.05) is 6.61 Å².